The van der Waals surface area contributed by atoms with Crippen LogP contribution >= 0.6 is 23.6 Å². The van der Waals surface area contributed by atoms with E-state index in [2.05, 4.69) is 23.5 Å². The summed E-state index contributed by atoms with van der Waals surface area (Å²) in [4.78, 5) is 5.35. The van der Waals surface area contributed by atoms with E-state index in [9.17, 15) is 0 Å². The molecule has 0 bridgehead atoms. The average molecular weight is 233 g/mol. The summed E-state index contributed by atoms with van der Waals surface area (Å²) in [5, 5.41) is 0. The van der Waals surface area contributed by atoms with Crippen LogP contribution in [0.3, 0.4) is 0 Å². The van der Waals surface area contributed by atoms with Crippen LogP contribution in [0, 0.1) is 0 Å². The minimum absolute atomic E-state index is 0.935. The second kappa shape index (κ2) is 5.32. The average Bonchev–Trinajstić information content (AvgIpc) is 2.26. The lowest BCUT2D eigenvalue weighted by Gasteiger charge is -2.14. The molecule has 0 heterocycles. The summed E-state index contributed by atoms with van der Waals surface area (Å²) < 4.78 is 0. The van der Waals surface area contributed by atoms with Gasteiger partial charge < -0.3 is 0 Å². The summed E-state index contributed by atoms with van der Waals surface area (Å²) in [5.41, 5.74) is 4.35. The summed E-state index contributed by atoms with van der Waals surface area (Å²) >= 11 is 11.3. The van der Waals surface area contributed by atoms with Gasteiger partial charge in [0.25, 0.3) is 0 Å². The summed E-state index contributed by atoms with van der Waals surface area (Å²) in [5.74, 6) is 0. The fourth-order valence-corrected chi connectivity index (χ4v) is 2.03. The molecule has 2 N–H and O–H groups in total. The highest BCUT2D eigenvalue weighted by Gasteiger charge is 2.09. The van der Waals surface area contributed by atoms with Crippen LogP contribution in [0.4, 0.5) is 11.4 Å². The van der Waals surface area contributed by atoms with Gasteiger partial charge in [-0.3, -0.25) is 9.67 Å². The van der Waals surface area contributed by atoms with Crippen LogP contribution in [0.5, 0.6) is 0 Å². The number of rotatable bonds is 4. The molecule has 1 aromatic rings. The Hall–Kier alpha value is -0.600. The smallest absolute Gasteiger partial charge is 0.0527 e. The number of hydrogen-bond acceptors (Lipinski definition) is 2. The van der Waals surface area contributed by atoms with Crippen molar-refractivity contribution in [3.8, 4) is 0 Å². The van der Waals surface area contributed by atoms with Gasteiger partial charge in [0.05, 0.1) is 11.4 Å². The van der Waals surface area contributed by atoms with Crippen molar-refractivity contribution in [1.82, 2.24) is 0 Å². The third-order valence-electron chi connectivity index (χ3n) is 2.34. The molecule has 0 atom stereocenters. The number of benzene rings is 1. The maximum atomic E-state index is 5.63. The molecule has 0 saturated carbocycles. The number of nitrogens with one attached hydrogen (secondary N) is 2. The molecule has 14 heavy (non-hydrogen) atoms. The van der Waals surface area contributed by atoms with Crippen molar-refractivity contribution >= 4 is 34.9 Å². The van der Waals surface area contributed by atoms with Crippen LogP contribution in [-0.4, -0.2) is 0 Å². The van der Waals surface area contributed by atoms with E-state index in [0.717, 1.165) is 24.2 Å². The Kier molecular flexibility index (Phi) is 4.36. The number of hydrogen-bond donors (Lipinski definition) is 2. The normalized spacial score (nSPS) is 10.0. The molecule has 0 radical (unpaired) electrons. The van der Waals surface area contributed by atoms with Crippen molar-refractivity contribution in [2.75, 3.05) is 9.67 Å². The third kappa shape index (κ3) is 2.07. The molecule has 78 valence electrons. The van der Waals surface area contributed by atoms with E-state index in [1.807, 2.05) is 12.1 Å². The van der Waals surface area contributed by atoms with Gasteiger partial charge >= 0.3 is 0 Å². The van der Waals surface area contributed by atoms with E-state index < -0.39 is 0 Å². The highest BCUT2D eigenvalue weighted by Crippen LogP contribution is 2.29. The van der Waals surface area contributed by atoms with Crippen molar-refractivity contribution in [2.24, 2.45) is 0 Å². The van der Waals surface area contributed by atoms with Crippen LogP contribution in [0.25, 0.3) is 0 Å². The largest absolute Gasteiger partial charge is 0.298 e. The monoisotopic (exact) mass is 232 g/mol. The van der Waals surface area contributed by atoms with Crippen molar-refractivity contribution in [1.29, 1.82) is 0 Å². The lowest BCUT2D eigenvalue weighted by molar-refractivity contribution is 1.04. The maximum absolute atomic E-state index is 5.63. The third-order valence-corrected chi connectivity index (χ3v) is 2.75. The first-order valence-electron chi connectivity index (χ1n) is 4.66. The Morgan fingerprint density at radius 1 is 0.929 bits per heavy atom. The van der Waals surface area contributed by atoms with Gasteiger partial charge in [-0.15, -0.1) is 0 Å². The van der Waals surface area contributed by atoms with E-state index in [1.54, 1.807) is 0 Å². The summed E-state index contributed by atoms with van der Waals surface area (Å²) in [7, 11) is 0. The van der Waals surface area contributed by atoms with Crippen LogP contribution in [-0.2, 0) is 12.8 Å². The van der Waals surface area contributed by atoms with Crippen molar-refractivity contribution in [3.63, 3.8) is 0 Å². The molecule has 0 aromatic heterocycles. The molecule has 0 unspecified atom stereocenters. The van der Waals surface area contributed by atoms with Crippen LogP contribution < -0.4 is 9.67 Å². The van der Waals surface area contributed by atoms with E-state index in [0.29, 0.717) is 0 Å². The highest BCUT2D eigenvalue weighted by atomic mass is 35.5. The van der Waals surface area contributed by atoms with Crippen LogP contribution in [0.1, 0.15) is 25.0 Å². The predicted octanol–water partition coefficient (Wildman–Crippen LogP) is 3.94. The first-order valence-corrected chi connectivity index (χ1v) is 5.42. The molecule has 0 spiro atoms. The molecule has 1 rings (SSSR count). The standard InChI is InChI=1S/C10H14Cl2N2/c1-3-7-8(4-2)10(14-12)6-5-9(7)13-11/h5-6,13-14H,3-4H2,1-2H3. The molecule has 0 amide bonds. The van der Waals surface area contributed by atoms with Crippen LogP contribution in [0.2, 0.25) is 0 Å². The van der Waals surface area contributed by atoms with Gasteiger partial charge in [0, 0.05) is 23.6 Å². The van der Waals surface area contributed by atoms with Gasteiger partial charge in [0.2, 0.25) is 0 Å². The Balaban J connectivity index is 3.28. The summed E-state index contributed by atoms with van der Waals surface area (Å²) in [6.45, 7) is 4.20. The van der Waals surface area contributed by atoms with Gasteiger partial charge in [0.15, 0.2) is 0 Å². The van der Waals surface area contributed by atoms with E-state index in [4.69, 9.17) is 23.6 Å². The molecule has 1 aromatic carbocycles. The Bertz CT molecular complexity index is 282. The fraction of sp³-hybridized carbons (Fsp3) is 0.400. The Morgan fingerprint density at radius 3 is 1.50 bits per heavy atom. The molecule has 4 heteroatoms. The summed E-state index contributed by atoms with van der Waals surface area (Å²) in [6, 6.07) is 3.85. The zero-order valence-corrected chi connectivity index (χ0v) is 9.84. The lowest BCUT2D eigenvalue weighted by Crippen LogP contribution is -1.99. The van der Waals surface area contributed by atoms with E-state index in [-0.39, 0.29) is 0 Å². The predicted molar refractivity (Wildman–Crippen MR) is 64.1 cm³/mol. The quantitative estimate of drug-likeness (QED) is 0.769. The Labute approximate surface area is 94.8 Å². The second-order valence-electron chi connectivity index (χ2n) is 3.01. The molecular weight excluding hydrogens is 219 g/mol. The van der Waals surface area contributed by atoms with E-state index >= 15 is 0 Å². The zero-order valence-electron chi connectivity index (χ0n) is 8.32. The second-order valence-corrected chi connectivity index (χ2v) is 3.39. The Morgan fingerprint density at radius 2 is 1.29 bits per heavy atom. The molecule has 0 aliphatic rings. The number of anilines is 2. The van der Waals surface area contributed by atoms with Gasteiger partial charge in [-0.1, -0.05) is 13.8 Å². The first kappa shape index (κ1) is 11.5. The van der Waals surface area contributed by atoms with Crippen molar-refractivity contribution in [2.45, 2.75) is 26.7 Å². The van der Waals surface area contributed by atoms with Crippen molar-refractivity contribution in [3.05, 3.63) is 23.3 Å². The molecular formula is C10H14Cl2N2. The number of halogens is 2. The zero-order chi connectivity index (χ0) is 10.6. The van der Waals surface area contributed by atoms with Gasteiger partial charge in [0.1, 0.15) is 0 Å². The summed E-state index contributed by atoms with van der Waals surface area (Å²) in [6.07, 6.45) is 1.87. The maximum Gasteiger partial charge on any atom is 0.0527 e. The lowest BCUT2D eigenvalue weighted by atomic mass is 9.99. The van der Waals surface area contributed by atoms with E-state index in [1.165, 1.54) is 11.1 Å². The SMILES string of the molecule is CCc1c(NCl)ccc(NCl)c1CC. The minimum atomic E-state index is 0.935. The molecule has 0 aliphatic heterocycles. The van der Waals surface area contributed by atoms with Gasteiger partial charge in [-0.25, -0.2) is 0 Å². The van der Waals surface area contributed by atoms with Gasteiger partial charge in [-0.05, 0) is 36.1 Å². The van der Waals surface area contributed by atoms with Gasteiger partial charge in [-0.2, -0.15) is 0 Å². The molecule has 2 nitrogen and oxygen atoms in total. The minimum Gasteiger partial charge on any atom is -0.298 e. The molecule has 0 aliphatic carbocycles. The molecule has 0 saturated heterocycles. The fourth-order valence-electron chi connectivity index (χ4n) is 1.68. The van der Waals surface area contributed by atoms with Crippen LogP contribution in [0.15, 0.2) is 12.1 Å². The highest BCUT2D eigenvalue weighted by molar-refractivity contribution is 6.25. The topological polar surface area (TPSA) is 24.1 Å². The first-order chi connectivity index (χ1) is 6.78. The molecule has 0 fully saturated rings. The van der Waals surface area contributed by atoms with Crippen molar-refractivity contribution < 1.29 is 0 Å².